The number of amides is 1. The number of nitrogens with zero attached hydrogens (tertiary/aromatic N) is 3. The van der Waals surface area contributed by atoms with E-state index in [0.717, 1.165) is 0 Å². The molecule has 38 heavy (non-hydrogen) atoms. The number of ether oxygens (including phenoxy) is 1. The molecule has 1 amide bonds. The topological polar surface area (TPSA) is 159 Å². The minimum absolute atomic E-state index is 0.00487. The van der Waals surface area contributed by atoms with Crippen LogP contribution in [-0.4, -0.2) is 61.7 Å². The summed E-state index contributed by atoms with van der Waals surface area (Å²) in [6, 6.07) is 11.7. The van der Waals surface area contributed by atoms with Crippen molar-refractivity contribution in [3.8, 4) is 5.75 Å². The van der Waals surface area contributed by atoms with Gasteiger partial charge in [0.05, 0.1) is 25.8 Å². The summed E-state index contributed by atoms with van der Waals surface area (Å²) in [5.74, 6) is 0.266. The van der Waals surface area contributed by atoms with Crippen molar-refractivity contribution in [2.24, 2.45) is 0 Å². The average molecular weight is 569 g/mol. The summed E-state index contributed by atoms with van der Waals surface area (Å²) < 4.78 is 33.8. The van der Waals surface area contributed by atoms with Crippen LogP contribution in [0.25, 0.3) is 10.9 Å². The Morgan fingerprint density at radius 3 is 2.55 bits per heavy atom. The molecule has 1 heterocycles. The summed E-state index contributed by atoms with van der Waals surface area (Å²) in [4.78, 5) is 44.3. The molecule has 0 aliphatic heterocycles. The van der Waals surface area contributed by atoms with Gasteiger partial charge in [-0.15, -0.1) is 10.1 Å². The molecular formula is C23H25ClN4O9S. The second kappa shape index (κ2) is 12.7. The Labute approximate surface area is 223 Å². The van der Waals surface area contributed by atoms with Crippen LogP contribution in [0, 0.1) is 17.0 Å². The van der Waals surface area contributed by atoms with Gasteiger partial charge in [-0.2, -0.15) is 13.1 Å². The molecule has 0 atom stereocenters. The second-order valence-corrected chi connectivity index (χ2v) is 9.88. The quantitative estimate of drug-likeness (QED) is 0.133. The van der Waals surface area contributed by atoms with Crippen LogP contribution in [0.4, 0.5) is 0 Å². The Morgan fingerprint density at radius 2 is 1.92 bits per heavy atom. The fraction of sp³-hybridized carbons (Fsp3) is 0.304. The zero-order valence-electron chi connectivity index (χ0n) is 20.5. The van der Waals surface area contributed by atoms with Crippen molar-refractivity contribution in [2.75, 3.05) is 26.9 Å². The molecule has 2 aromatic carbocycles. The number of rotatable bonds is 14. The normalized spacial score (nSPS) is 11.3. The summed E-state index contributed by atoms with van der Waals surface area (Å²) in [5, 5.41) is 10.3. The van der Waals surface area contributed by atoms with Crippen molar-refractivity contribution in [3.63, 3.8) is 0 Å². The lowest BCUT2D eigenvalue weighted by molar-refractivity contribution is -0.757. The lowest BCUT2D eigenvalue weighted by Crippen LogP contribution is -2.40. The number of aromatic nitrogens is 1. The number of nitrogens with one attached hydrogen (secondary N) is 1. The van der Waals surface area contributed by atoms with Crippen LogP contribution in [0.1, 0.15) is 28.0 Å². The zero-order valence-corrected chi connectivity index (χ0v) is 22.0. The van der Waals surface area contributed by atoms with Crippen LogP contribution in [0.5, 0.6) is 5.75 Å². The van der Waals surface area contributed by atoms with E-state index in [4.69, 9.17) is 21.2 Å². The SMILES string of the molecule is COc1ccc2c(c1)c(CCON(C=O)S(=O)(=O)NCCCO[N+](=O)[O-])c(C)n2C(=O)c1ccc(Cl)cc1. The first-order valence-corrected chi connectivity index (χ1v) is 13.0. The van der Waals surface area contributed by atoms with Gasteiger partial charge in [0.25, 0.3) is 11.0 Å². The standard InChI is InChI=1S/C23H25ClN4O9S/c1-16-20(10-13-36-26(15-29)38(33,34)25-11-3-12-37-28(31)32)21-14-19(35-2)8-9-22(21)27(16)23(30)17-4-6-18(24)7-5-17/h4-9,14-15,25H,3,10-13H2,1-2H3. The number of carbonyl (C=O) groups is 2. The summed E-state index contributed by atoms with van der Waals surface area (Å²) in [7, 11) is -2.85. The molecule has 0 saturated heterocycles. The van der Waals surface area contributed by atoms with E-state index >= 15 is 0 Å². The van der Waals surface area contributed by atoms with Crippen LogP contribution < -0.4 is 9.46 Å². The van der Waals surface area contributed by atoms with Gasteiger partial charge < -0.3 is 9.57 Å². The summed E-state index contributed by atoms with van der Waals surface area (Å²) in [5.41, 5.74) is 2.31. The number of hydrogen-bond acceptors (Lipinski definition) is 9. The predicted octanol–water partition coefficient (Wildman–Crippen LogP) is 2.67. The molecule has 0 aliphatic carbocycles. The van der Waals surface area contributed by atoms with Gasteiger partial charge >= 0.3 is 10.2 Å². The molecule has 0 radical (unpaired) electrons. The molecule has 1 N–H and O–H groups in total. The Morgan fingerprint density at radius 1 is 1.21 bits per heavy atom. The molecule has 3 rings (SSSR count). The molecule has 0 aliphatic rings. The van der Waals surface area contributed by atoms with Crippen molar-refractivity contribution in [2.45, 2.75) is 19.8 Å². The molecule has 204 valence electrons. The highest BCUT2D eigenvalue weighted by molar-refractivity contribution is 7.87. The molecule has 0 spiro atoms. The number of methoxy groups -OCH3 is 1. The van der Waals surface area contributed by atoms with Crippen molar-refractivity contribution in [1.82, 2.24) is 13.8 Å². The molecule has 0 fully saturated rings. The lowest BCUT2D eigenvalue weighted by Gasteiger charge is -2.17. The first kappa shape index (κ1) is 28.8. The number of carbonyl (C=O) groups excluding carboxylic acids is 2. The Kier molecular flexibility index (Phi) is 9.63. The molecule has 3 aromatic rings. The second-order valence-electron chi connectivity index (χ2n) is 7.85. The Hall–Kier alpha value is -3.72. The highest BCUT2D eigenvalue weighted by Gasteiger charge is 2.23. The van der Waals surface area contributed by atoms with Gasteiger partial charge in [-0.3, -0.25) is 19.0 Å². The minimum atomic E-state index is -4.36. The maximum absolute atomic E-state index is 13.4. The average Bonchev–Trinajstić information content (AvgIpc) is 3.16. The molecule has 15 heteroatoms. The highest BCUT2D eigenvalue weighted by atomic mass is 35.5. The van der Waals surface area contributed by atoms with E-state index in [9.17, 15) is 28.1 Å². The maximum Gasteiger partial charge on any atom is 0.326 e. The lowest BCUT2D eigenvalue weighted by atomic mass is 10.1. The monoisotopic (exact) mass is 568 g/mol. The maximum atomic E-state index is 13.4. The summed E-state index contributed by atoms with van der Waals surface area (Å²) in [6.07, 6.45) is 0.126. The number of hydrogen-bond donors (Lipinski definition) is 1. The van der Waals surface area contributed by atoms with E-state index < -0.39 is 15.3 Å². The first-order valence-electron chi connectivity index (χ1n) is 11.2. The van der Waals surface area contributed by atoms with Gasteiger partial charge in [0, 0.05) is 34.6 Å². The fourth-order valence-electron chi connectivity index (χ4n) is 3.76. The molecule has 0 saturated carbocycles. The first-order chi connectivity index (χ1) is 18.1. The molecule has 0 unspecified atom stereocenters. The van der Waals surface area contributed by atoms with Crippen LogP contribution in [0.15, 0.2) is 42.5 Å². The van der Waals surface area contributed by atoms with Crippen LogP contribution in [-0.2, 0) is 31.1 Å². The van der Waals surface area contributed by atoms with E-state index in [1.807, 2.05) is 0 Å². The highest BCUT2D eigenvalue weighted by Crippen LogP contribution is 2.31. The molecule has 0 bridgehead atoms. The molecular weight excluding hydrogens is 544 g/mol. The van der Waals surface area contributed by atoms with Crippen molar-refractivity contribution < 1.29 is 37.5 Å². The third kappa shape index (κ3) is 6.77. The fourth-order valence-corrected chi connectivity index (χ4v) is 4.74. The number of fused-ring (bicyclic) bond motifs is 1. The van der Waals surface area contributed by atoms with E-state index in [-0.39, 0.29) is 49.4 Å². The van der Waals surface area contributed by atoms with Gasteiger partial charge in [-0.05, 0) is 61.4 Å². The van der Waals surface area contributed by atoms with Gasteiger partial charge in [0.15, 0.2) is 0 Å². The van der Waals surface area contributed by atoms with E-state index in [1.165, 1.54) is 11.7 Å². The van der Waals surface area contributed by atoms with Crippen LogP contribution in [0.3, 0.4) is 0 Å². The third-order valence-electron chi connectivity index (χ3n) is 5.53. The van der Waals surface area contributed by atoms with Crippen molar-refractivity contribution in [3.05, 3.63) is 74.4 Å². The largest absolute Gasteiger partial charge is 0.497 e. The van der Waals surface area contributed by atoms with Gasteiger partial charge in [-0.25, -0.2) is 0 Å². The van der Waals surface area contributed by atoms with Gasteiger partial charge in [0.1, 0.15) is 5.75 Å². The van der Waals surface area contributed by atoms with E-state index in [1.54, 1.807) is 49.4 Å². The van der Waals surface area contributed by atoms with Gasteiger partial charge in [-0.1, -0.05) is 16.1 Å². The Balaban J connectivity index is 1.79. The summed E-state index contributed by atoms with van der Waals surface area (Å²) >= 11 is 5.95. The number of halogens is 1. The van der Waals surface area contributed by atoms with Gasteiger partial charge in [0.2, 0.25) is 6.41 Å². The van der Waals surface area contributed by atoms with Crippen molar-refractivity contribution >= 4 is 45.0 Å². The van der Waals surface area contributed by atoms with E-state index in [2.05, 4.69) is 9.56 Å². The molecule has 1 aromatic heterocycles. The smallest absolute Gasteiger partial charge is 0.326 e. The number of benzene rings is 2. The third-order valence-corrected chi connectivity index (χ3v) is 7.02. The predicted molar refractivity (Wildman–Crippen MR) is 136 cm³/mol. The van der Waals surface area contributed by atoms with Crippen molar-refractivity contribution in [1.29, 1.82) is 0 Å². The van der Waals surface area contributed by atoms with Crippen LogP contribution >= 0.6 is 11.6 Å². The summed E-state index contributed by atoms with van der Waals surface area (Å²) in [6.45, 7) is 0.983. The number of hydroxylamine groups is 1. The molecule has 13 nitrogen and oxygen atoms in total. The zero-order chi connectivity index (χ0) is 27.9. The van der Waals surface area contributed by atoms with Crippen LogP contribution in [0.2, 0.25) is 5.02 Å². The minimum Gasteiger partial charge on any atom is -0.497 e. The Bertz CT molecular complexity index is 1420. The van der Waals surface area contributed by atoms with E-state index in [0.29, 0.717) is 38.5 Å².